The van der Waals surface area contributed by atoms with Gasteiger partial charge in [-0.15, -0.1) is 11.3 Å². The maximum Gasteiger partial charge on any atom is 0.272 e. The molecule has 2 aromatic carbocycles. The molecular weight excluding hydrogens is 480 g/mol. The molecule has 0 spiro atoms. The van der Waals surface area contributed by atoms with Crippen LogP contribution in [0.3, 0.4) is 0 Å². The van der Waals surface area contributed by atoms with E-state index in [1.54, 1.807) is 43.1 Å². The number of aromatic nitrogens is 2. The number of carbonyl (C=O) groups excluding carboxylic acids is 1. The zero-order valence-electron chi connectivity index (χ0n) is 18.0. The van der Waals surface area contributed by atoms with E-state index in [0.29, 0.717) is 50.4 Å². The normalized spacial score (nSPS) is 11.0. The standard InChI is InChI=1S/C24H21ClN2O4S2/c1-30-20-8-3-15(13-21(20)31-2)9-11-27-23(29)22-18(10-12-32-22)26-24(27)33-14-19(28)16-4-6-17(25)7-5-16/h3-8,10,12-13H,9,11,14H2,1-2H3. The molecule has 4 aromatic rings. The smallest absolute Gasteiger partial charge is 0.272 e. The lowest BCUT2D eigenvalue weighted by atomic mass is 10.1. The fourth-order valence-corrected chi connectivity index (χ4v) is 5.18. The number of rotatable bonds is 9. The molecule has 0 amide bonds. The molecule has 0 fully saturated rings. The van der Waals surface area contributed by atoms with Gasteiger partial charge in [-0.05, 0) is 59.8 Å². The van der Waals surface area contributed by atoms with Crippen LogP contribution in [0.5, 0.6) is 11.5 Å². The summed E-state index contributed by atoms with van der Waals surface area (Å²) >= 11 is 8.55. The molecule has 4 rings (SSSR count). The number of Topliss-reactive ketones (excluding diaryl/α,β-unsaturated/α-hetero) is 1. The van der Waals surface area contributed by atoms with Crippen molar-refractivity contribution in [2.45, 2.75) is 18.1 Å². The monoisotopic (exact) mass is 500 g/mol. The maximum absolute atomic E-state index is 13.2. The molecule has 170 valence electrons. The molecule has 33 heavy (non-hydrogen) atoms. The third-order valence-corrected chi connectivity index (χ3v) is 7.22. The molecule has 0 aliphatic rings. The highest BCUT2D eigenvalue weighted by Crippen LogP contribution is 2.28. The second-order valence-electron chi connectivity index (χ2n) is 7.14. The minimum atomic E-state index is -0.100. The van der Waals surface area contributed by atoms with Gasteiger partial charge in [0.25, 0.3) is 5.56 Å². The second kappa shape index (κ2) is 10.4. The van der Waals surface area contributed by atoms with E-state index >= 15 is 0 Å². The molecule has 0 aliphatic heterocycles. The Labute approximate surface area is 204 Å². The number of aryl methyl sites for hydroxylation is 1. The largest absolute Gasteiger partial charge is 0.493 e. The number of halogens is 1. The lowest BCUT2D eigenvalue weighted by Crippen LogP contribution is -2.24. The summed E-state index contributed by atoms with van der Waals surface area (Å²) in [6, 6.07) is 14.3. The zero-order chi connectivity index (χ0) is 23.4. The molecule has 2 heterocycles. The van der Waals surface area contributed by atoms with E-state index in [9.17, 15) is 9.59 Å². The van der Waals surface area contributed by atoms with E-state index in [4.69, 9.17) is 21.1 Å². The Kier molecular flexibility index (Phi) is 7.37. The summed E-state index contributed by atoms with van der Waals surface area (Å²) in [5, 5.41) is 2.95. The summed E-state index contributed by atoms with van der Waals surface area (Å²) in [6.45, 7) is 0.423. The van der Waals surface area contributed by atoms with Gasteiger partial charge in [0, 0.05) is 17.1 Å². The van der Waals surface area contributed by atoms with Crippen LogP contribution >= 0.6 is 34.7 Å². The minimum Gasteiger partial charge on any atom is -0.493 e. The molecular formula is C24H21ClN2O4S2. The minimum absolute atomic E-state index is 0.0530. The Morgan fingerprint density at radius 3 is 2.58 bits per heavy atom. The summed E-state index contributed by atoms with van der Waals surface area (Å²) in [5.41, 5.74) is 2.12. The maximum atomic E-state index is 13.2. The highest BCUT2D eigenvalue weighted by molar-refractivity contribution is 7.99. The first-order valence-electron chi connectivity index (χ1n) is 10.1. The molecule has 0 radical (unpaired) electrons. The number of methoxy groups -OCH3 is 2. The number of ketones is 1. The lowest BCUT2D eigenvalue weighted by Gasteiger charge is -2.13. The number of ether oxygens (including phenoxy) is 2. The molecule has 2 aromatic heterocycles. The van der Waals surface area contributed by atoms with Crippen molar-refractivity contribution in [3.63, 3.8) is 0 Å². The number of carbonyl (C=O) groups is 1. The SMILES string of the molecule is COc1ccc(CCn2c(SCC(=O)c3ccc(Cl)cc3)nc3ccsc3c2=O)cc1OC. The van der Waals surface area contributed by atoms with Crippen molar-refractivity contribution in [3.8, 4) is 11.5 Å². The predicted molar refractivity (Wildman–Crippen MR) is 134 cm³/mol. The van der Waals surface area contributed by atoms with Crippen molar-refractivity contribution in [1.29, 1.82) is 0 Å². The predicted octanol–water partition coefficient (Wildman–Crippen LogP) is 5.35. The fourth-order valence-electron chi connectivity index (χ4n) is 3.36. The highest BCUT2D eigenvalue weighted by Gasteiger charge is 2.15. The Balaban J connectivity index is 1.58. The van der Waals surface area contributed by atoms with Crippen LogP contribution in [-0.2, 0) is 13.0 Å². The molecule has 0 atom stereocenters. The third-order valence-electron chi connectivity index (χ3n) is 5.10. The number of thiophene rings is 1. The first kappa shape index (κ1) is 23.4. The van der Waals surface area contributed by atoms with Gasteiger partial charge >= 0.3 is 0 Å². The van der Waals surface area contributed by atoms with E-state index in [2.05, 4.69) is 4.98 Å². The Morgan fingerprint density at radius 1 is 1.09 bits per heavy atom. The van der Waals surface area contributed by atoms with Crippen LogP contribution in [0.4, 0.5) is 0 Å². The van der Waals surface area contributed by atoms with Crippen LogP contribution < -0.4 is 15.0 Å². The van der Waals surface area contributed by atoms with Crippen LogP contribution in [-0.4, -0.2) is 35.3 Å². The topological polar surface area (TPSA) is 70.4 Å². The molecule has 9 heteroatoms. The number of benzene rings is 2. The molecule has 0 unspecified atom stereocenters. The summed E-state index contributed by atoms with van der Waals surface area (Å²) in [4.78, 5) is 30.5. The zero-order valence-corrected chi connectivity index (χ0v) is 20.4. The van der Waals surface area contributed by atoms with Crippen molar-refractivity contribution < 1.29 is 14.3 Å². The van der Waals surface area contributed by atoms with Gasteiger partial charge in [0.05, 0.1) is 25.5 Å². The van der Waals surface area contributed by atoms with Gasteiger partial charge in [0.1, 0.15) is 4.70 Å². The van der Waals surface area contributed by atoms with Crippen LogP contribution in [0.15, 0.2) is 63.9 Å². The van der Waals surface area contributed by atoms with Crippen LogP contribution in [0.1, 0.15) is 15.9 Å². The number of hydrogen-bond donors (Lipinski definition) is 0. The number of fused-ring (bicyclic) bond motifs is 1. The van der Waals surface area contributed by atoms with E-state index in [1.807, 2.05) is 29.6 Å². The van der Waals surface area contributed by atoms with Crippen molar-refractivity contribution in [2.75, 3.05) is 20.0 Å². The van der Waals surface area contributed by atoms with Crippen molar-refractivity contribution in [2.24, 2.45) is 0 Å². The van der Waals surface area contributed by atoms with E-state index in [0.717, 1.165) is 5.56 Å². The van der Waals surface area contributed by atoms with Crippen LogP contribution in [0.2, 0.25) is 5.02 Å². The van der Waals surface area contributed by atoms with Gasteiger partial charge in [-0.3, -0.25) is 14.2 Å². The number of thioether (sulfide) groups is 1. The van der Waals surface area contributed by atoms with Gasteiger partial charge in [-0.25, -0.2) is 4.98 Å². The first-order valence-corrected chi connectivity index (χ1v) is 12.3. The summed E-state index contributed by atoms with van der Waals surface area (Å²) in [7, 11) is 3.18. The molecule has 0 aliphatic carbocycles. The van der Waals surface area contributed by atoms with Crippen molar-refractivity contribution in [3.05, 3.63) is 80.4 Å². The Hall–Kier alpha value is -2.81. The number of nitrogens with zero attached hydrogens (tertiary/aromatic N) is 2. The average Bonchev–Trinajstić information content (AvgIpc) is 3.31. The lowest BCUT2D eigenvalue weighted by molar-refractivity contribution is 0.102. The van der Waals surface area contributed by atoms with E-state index in [1.165, 1.54) is 23.1 Å². The molecule has 0 bridgehead atoms. The van der Waals surface area contributed by atoms with Gasteiger partial charge in [0.2, 0.25) is 0 Å². The van der Waals surface area contributed by atoms with Gasteiger partial charge in [-0.2, -0.15) is 0 Å². The molecule has 0 saturated carbocycles. The van der Waals surface area contributed by atoms with E-state index < -0.39 is 0 Å². The fraction of sp³-hybridized carbons (Fsp3) is 0.208. The third kappa shape index (κ3) is 5.24. The Bertz CT molecular complexity index is 1350. The van der Waals surface area contributed by atoms with Crippen molar-refractivity contribution >= 4 is 50.7 Å². The Morgan fingerprint density at radius 2 is 1.85 bits per heavy atom. The van der Waals surface area contributed by atoms with Gasteiger partial charge in [-0.1, -0.05) is 29.4 Å². The quantitative estimate of drug-likeness (QED) is 0.175. The van der Waals surface area contributed by atoms with E-state index in [-0.39, 0.29) is 17.1 Å². The van der Waals surface area contributed by atoms with Crippen LogP contribution in [0.25, 0.3) is 10.2 Å². The van der Waals surface area contributed by atoms with Gasteiger partial charge < -0.3 is 9.47 Å². The van der Waals surface area contributed by atoms with Crippen molar-refractivity contribution in [1.82, 2.24) is 9.55 Å². The average molecular weight is 501 g/mol. The van der Waals surface area contributed by atoms with Gasteiger partial charge in [0.15, 0.2) is 22.4 Å². The molecule has 6 nitrogen and oxygen atoms in total. The first-order chi connectivity index (χ1) is 16.0. The molecule has 0 saturated heterocycles. The summed E-state index contributed by atoms with van der Waals surface area (Å²) in [6.07, 6.45) is 0.595. The summed E-state index contributed by atoms with van der Waals surface area (Å²) in [5.74, 6) is 1.40. The number of hydrogen-bond acceptors (Lipinski definition) is 7. The summed E-state index contributed by atoms with van der Waals surface area (Å²) < 4.78 is 12.9. The second-order valence-corrected chi connectivity index (χ2v) is 9.44. The highest BCUT2D eigenvalue weighted by atomic mass is 35.5. The van der Waals surface area contributed by atoms with Crippen LogP contribution in [0, 0.1) is 0 Å². The molecule has 0 N–H and O–H groups in total.